The Morgan fingerprint density at radius 1 is 1.55 bits per heavy atom. The summed E-state index contributed by atoms with van der Waals surface area (Å²) >= 11 is 4.38. The van der Waals surface area contributed by atoms with Crippen molar-refractivity contribution in [3.63, 3.8) is 0 Å². The van der Waals surface area contributed by atoms with Crippen LogP contribution in [-0.2, 0) is 14.4 Å². The summed E-state index contributed by atoms with van der Waals surface area (Å²) in [5.41, 5.74) is -0.0509. The minimum atomic E-state index is -1.18. The largest absolute Gasteiger partial charge is 0.477 e. The van der Waals surface area contributed by atoms with Crippen molar-refractivity contribution >= 4 is 45.5 Å². The number of nitrogens with one attached hydrogen (secondary N) is 1. The quantitative estimate of drug-likeness (QED) is 0.603. The number of rotatable bonds is 5. The Morgan fingerprint density at radius 2 is 2.18 bits per heavy atom. The molecule has 120 valence electrons. The van der Waals surface area contributed by atoms with Gasteiger partial charge in [0.05, 0.1) is 21.9 Å². The fraction of sp³-hybridized carbons (Fsp3) is 0.462. The van der Waals surface area contributed by atoms with E-state index in [9.17, 15) is 24.6 Å². The van der Waals surface area contributed by atoms with E-state index in [0.29, 0.717) is 15.1 Å². The summed E-state index contributed by atoms with van der Waals surface area (Å²) in [5.74, 6) is -2.35. The number of fused-ring (bicyclic) bond motifs is 1. The van der Waals surface area contributed by atoms with Gasteiger partial charge in [-0.15, -0.1) is 0 Å². The average molecular weight is 391 g/mol. The van der Waals surface area contributed by atoms with E-state index < -0.39 is 18.0 Å². The van der Waals surface area contributed by atoms with Crippen LogP contribution in [0.1, 0.15) is 20.3 Å². The van der Waals surface area contributed by atoms with E-state index in [4.69, 9.17) is 0 Å². The van der Waals surface area contributed by atoms with E-state index in [-0.39, 0.29) is 23.6 Å². The minimum Gasteiger partial charge on any atom is -0.477 e. The van der Waals surface area contributed by atoms with Crippen molar-refractivity contribution < 1.29 is 24.6 Å². The van der Waals surface area contributed by atoms with Gasteiger partial charge in [0.1, 0.15) is 5.70 Å². The molecule has 3 atom stereocenters. The van der Waals surface area contributed by atoms with Crippen LogP contribution in [0.2, 0.25) is 0 Å². The third-order valence-electron chi connectivity index (χ3n) is 3.50. The molecule has 9 heteroatoms. The summed E-state index contributed by atoms with van der Waals surface area (Å²) in [6, 6.07) is -0.317. The fourth-order valence-electron chi connectivity index (χ4n) is 2.63. The lowest BCUT2D eigenvalue weighted by atomic mass is 9.83. The number of carbonyl (C=O) groups excluding carboxylic acids is 2. The van der Waals surface area contributed by atoms with E-state index in [1.807, 2.05) is 0 Å². The Balaban J connectivity index is 2.20. The predicted octanol–water partition coefficient (Wildman–Crippen LogP) is 0.957. The second-order valence-corrected chi connectivity index (χ2v) is 7.59. The van der Waals surface area contributed by atoms with Crippen molar-refractivity contribution in [1.82, 2.24) is 10.2 Å². The fourth-order valence-corrected chi connectivity index (χ4v) is 4.22. The highest BCUT2D eigenvalue weighted by Gasteiger charge is 2.56. The monoisotopic (exact) mass is 390 g/mol. The maximum atomic E-state index is 12.0. The molecule has 7 nitrogen and oxygen atoms in total. The van der Waals surface area contributed by atoms with Crippen LogP contribution in [0.15, 0.2) is 20.6 Å². The van der Waals surface area contributed by atoms with E-state index in [0.717, 1.165) is 11.8 Å². The normalized spacial score (nSPS) is 25.7. The first-order valence-corrected chi connectivity index (χ1v) is 8.13. The van der Waals surface area contributed by atoms with Gasteiger partial charge in [0.25, 0.3) is 0 Å². The number of thioether (sulfide) groups is 1. The van der Waals surface area contributed by atoms with Crippen molar-refractivity contribution in [1.29, 1.82) is 0 Å². The lowest BCUT2D eigenvalue weighted by Crippen LogP contribution is -2.61. The van der Waals surface area contributed by atoms with Crippen LogP contribution in [0, 0.1) is 5.92 Å². The van der Waals surface area contributed by atoms with Gasteiger partial charge in [0, 0.05) is 24.4 Å². The van der Waals surface area contributed by atoms with Crippen molar-refractivity contribution in [2.45, 2.75) is 32.4 Å². The number of hydrogen-bond donors (Lipinski definition) is 3. The zero-order valence-electron chi connectivity index (χ0n) is 11.9. The molecule has 0 unspecified atom stereocenters. The number of aliphatic carboxylic acids is 1. The van der Waals surface area contributed by atoms with Crippen LogP contribution in [-0.4, -0.2) is 45.0 Å². The molecule has 0 spiro atoms. The molecule has 2 aliphatic rings. The molecule has 0 saturated carbocycles. The molecule has 0 aromatic heterocycles. The van der Waals surface area contributed by atoms with Crippen LogP contribution in [0.5, 0.6) is 0 Å². The van der Waals surface area contributed by atoms with Gasteiger partial charge in [-0.1, -0.05) is 11.8 Å². The molecule has 3 N–H and O–H groups in total. The lowest BCUT2D eigenvalue weighted by molar-refractivity contribution is -0.161. The first-order chi connectivity index (χ1) is 10.2. The van der Waals surface area contributed by atoms with Crippen molar-refractivity contribution in [3.8, 4) is 0 Å². The number of carboxylic acids is 1. The highest BCUT2D eigenvalue weighted by atomic mass is 79.9. The van der Waals surface area contributed by atoms with Crippen molar-refractivity contribution in [2.75, 3.05) is 0 Å². The first-order valence-electron chi connectivity index (χ1n) is 6.52. The van der Waals surface area contributed by atoms with E-state index in [2.05, 4.69) is 21.2 Å². The number of β-lactam (4-membered cyclic amide) rings is 1. The average Bonchev–Trinajstić information content (AvgIpc) is 2.70. The molecule has 1 saturated heterocycles. The summed E-state index contributed by atoms with van der Waals surface area (Å²) in [6.45, 7) is 2.88. The third-order valence-corrected chi connectivity index (χ3v) is 5.13. The standard InChI is InChI=1S/C13H15BrN2O5S/c1-5(17)10-7-3-8(22-9(14)4-15-6(2)18)11(13(20)21)16(7)12(10)19/h4-5,7,10,17H,3H2,1-2H3,(H,15,18)(H,20,21)/t5-,7+,10-/m0/s1. The van der Waals surface area contributed by atoms with Gasteiger partial charge in [0.15, 0.2) is 0 Å². The van der Waals surface area contributed by atoms with Gasteiger partial charge in [-0.3, -0.25) is 9.59 Å². The van der Waals surface area contributed by atoms with Crippen LogP contribution in [0.3, 0.4) is 0 Å². The minimum absolute atomic E-state index is 0.0509. The Hall–Kier alpha value is -1.32. The molecule has 1 fully saturated rings. The summed E-state index contributed by atoms with van der Waals surface area (Å²) < 4.78 is 0.528. The second kappa shape index (κ2) is 6.43. The second-order valence-electron chi connectivity index (χ2n) is 5.07. The molecule has 2 rings (SSSR count). The highest BCUT2D eigenvalue weighted by Crippen LogP contribution is 2.49. The Bertz CT molecular complexity index is 601. The SMILES string of the molecule is CC(=O)NC=C(Br)SC1=C(C(=O)O)N2C(=O)[C@@H]([C@H](C)O)[C@H]2C1. The Kier molecular flexibility index (Phi) is 4.98. The predicted molar refractivity (Wildman–Crippen MR) is 83.5 cm³/mol. The number of hydrogen-bond acceptors (Lipinski definition) is 5. The highest BCUT2D eigenvalue weighted by molar-refractivity contribution is 9.14. The summed E-state index contributed by atoms with van der Waals surface area (Å²) in [4.78, 5) is 36.1. The number of aliphatic hydroxyl groups excluding tert-OH is 1. The van der Waals surface area contributed by atoms with E-state index >= 15 is 0 Å². The van der Waals surface area contributed by atoms with Crippen molar-refractivity contribution in [2.24, 2.45) is 5.92 Å². The molecule has 2 amide bonds. The topological polar surface area (TPSA) is 107 Å². The Morgan fingerprint density at radius 3 is 2.68 bits per heavy atom. The number of amides is 2. The summed E-state index contributed by atoms with van der Waals surface area (Å²) in [5, 5.41) is 21.5. The molecular weight excluding hydrogens is 376 g/mol. The van der Waals surface area contributed by atoms with Gasteiger partial charge < -0.3 is 20.4 Å². The zero-order chi connectivity index (χ0) is 16.6. The lowest BCUT2D eigenvalue weighted by Gasteiger charge is -2.44. The molecule has 0 aromatic carbocycles. The molecule has 2 aliphatic heterocycles. The molecule has 0 radical (unpaired) electrons. The van der Waals surface area contributed by atoms with E-state index in [1.165, 1.54) is 24.9 Å². The van der Waals surface area contributed by atoms with Gasteiger partial charge in [0.2, 0.25) is 11.8 Å². The molecule has 0 bridgehead atoms. The number of carboxylic acid groups (broad SMARTS) is 1. The molecule has 22 heavy (non-hydrogen) atoms. The molecular formula is C13H15BrN2O5S. The smallest absolute Gasteiger partial charge is 0.353 e. The third kappa shape index (κ3) is 3.06. The van der Waals surface area contributed by atoms with Crippen LogP contribution in [0.4, 0.5) is 0 Å². The molecule has 0 aromatic rings. The Labute approximate surface area is 139 Å². The van der Waals surface area contributed by atoms with Gasteiger partial charge in [-0.2, -0.15) is 0 Å². The van der Waals surface area contributed by atoms with Crippen LogP contribution < -0.4 is 5.32 Å². The van der Waals surface area contributed by atoms with Gasteiger partial charge in [-0.05, 0) is 22.9 Å². The van der Waals surface area contributed by atoms with Crippen LogP contribution in [0.25, 0.3) is 0 Å². The maximum absolute atomic E-state index is 12.0. The first kappa shape index (κ1) is 17.0. The van der Waals surface area contributed by atoms with Crippen molar-refractivity contribution in [3.05, 3.63) is 20.6 Å². The zero-order valence-corrected chi connectivity index (χ0v) is 14.3. The summed E-state index contributed by atoms with van der Waals surface area (Å²) in [7, 11) is 0. The van der Waals surface area contributed by atoms with Gasteiger partial charge >= 0.3 is 5.97 Å². The number of nitrogens with zero attached hydrogens (tertiary/aromatic N) is 1. The summed E-state index contributed by atoms with van der Waals surface area (Å²) in [6.07, 6.45) is 0.978. The molecule has 2 heterocycles. The molecule has 0 aliphatic carbocycles. The van der Waals surface area contributed by atoms with Crippen LogP contribution >= 0.6 is 27.7 Å². The number of halogens is 1. The number of carbonyl (C=O) groups is 3. The maximum Gasteiger partial charge on any atom is 0.353 e. The van der Waals surface area contributed by atoms with Gasteiger partial charge in [-0.25, -0.2) is 4.79 Å². The number of aliphatic hydroxyl groups is 1. The van der Waals surface area contributed by atoms with E-state index in [1.54, 1.807) is 0 Å².